The Hall–Kier alpha value is -2.30. The first-order valence-corrected chi connectivity index (χ1v) is 10.3. The summed E-state index contributed by atoms with van der Waals surface area (Å²) in [7, 11) is 0. The molecular weight excluding hydrogens is 338 g/mol. The number of thioether (sulfide) groups is 1. The molecule has 3 nitrogen and oxygen atoms in total. The summed E-state index contributed by atoms with van der Waals surface area (Å²) >= 11 is 1.83. The lowest BCUT2D eigenvalue weighted by Crippen LogP contribution is -2.18. The van der Waals surface area contributed by atoms with Crippen molar-refractivity contribution in [2.45, 2.75) is 19.0 Å². The van der Waals surface area contributed by atoms with Gasteiger partial charge in [-0.2, -0.15) is 11.8 Å². The molecule has 3 aromatic carbocycles. The van der Waals surface area contributed by atoms with Crippen LogP contribution in [0.1, 0.15) is 23.9 Å². The number of nitrogens with zero attached hydrogens (tertiary/aromatic N) is 2. The average molecular weight is 362 g/mol. The average Bonchev–Trinajstić information content (AvgIpc) is 3.05. The number of hydrogen-bond acceptors (Lipinski definition) is 3. The summed E-state index contributed by atoms with van der Waals surface area (Å²) in [5.74, 6) is 2.02. The number of hydrogen-bond donors (Lipinski definition) is 1. The summed E-state index contributed by atoms with van der Waals surface area (Å²) in [6.45, 7) is 0.782. The van der Waals surface area contributed by atoms with Gasteiger partial charge in [0.25, 0.3) is 0 Å². The maximum Gasteiger partial charge on any atom is 0.127 e. The highest BCUT2D eigenvalue weighted by Gasteiger charge is 2.17. The van der Waals surface area contributed by atoms with Crippen LogP contribution in [0.4, 0.5) is 0 Å². The smallest absolute Gasteiger partial charge is 0.127 e. The van der Waals surface area contributed by atoms with Crippen molar-refractivity contribution >= 4 is 33.6 Å². The Morgan fingerprint density at radius 2 is 1.77 bits per heavy atom. The van der Waals surface area contributed by atoms with Crippen LogP contribution >= 0.6 is 11.8 Å². The molecule has 26 heavy (non-hydrogen) atoms. The van der Waals surface area contributed by atoms with E-state index in [2.05, 4.69) is 71.5 Å². The number of nitrogens with two attached hydrogens (primary N) is 1. The van der Waals surface area contributed by atoms with Crippen molar-refractivity contribution < 1.29 is 0 Å². The predicted molar refractivity (Wildman–Crippen MR) is 113 cm³/mol. The lowest BCUT2D eigenvalue weighted by atomic mass is 10.0. The van der Waals surface area contributed by atoms with Gasteiger partial charge in [0.1, 0.15) is 5.82 Å². The van der Waals surface area contributed by atoms with Crippen molar-refractivity contribution in [1.29, 1.82) is 0 Å². The first kappa shape index (κ1) is 17.1. The van der Waals surface area contributed by atoms with Gasteiger partial charge in [0, 0.05) is 0 Å². The maximum absolute atomic E-state index is 6.52. The Bertz CT molecular complexity index is 1030. The molecule has 4 heteroatoms. The summed E-state index contributed by atoms with van der Waals surface area (Å²) in [5, 5.41) is 2.55. The summed E-state index contributed by atoms with van der Waals surface area (Å²) in [5.41, 5.74) is 9.98. The molecule has 1 atom stereocenters. The van der Waals surface area contributed by atoms with Gasteiger partial charge >= 0.3 is 0 Å². The molecule has 0 radical (unpaired) electrons. The number of imidazole rings is 1. The molecule has 0 saturated heterocycles. The van der Waals surface area contributed by atoms with Gasteiger partial charge in [-0.25, -0.2) is 4.98 Å². The second-order valence-corrected chi connectivity index (χ2v) is 7.56. The van der Waals surface area contributed by atoms with E-state index in [4.69, 9.17) is 10.7 Å². The Balaban J connectivity index is 1.81. The minimum atomic E-state index is -0.0511. The fourth-order valence-corrected chi connectivity index (χ4v) is 4.01. The van der Waals surface area contributed by atoms with Gasteiger partial charge in [0.2, 0.25) is 0 Å². The van der Waals surface area contributed by atoms with Gasteiger partial charge in [-0.3, -0.25) is 0 Å². The van der Waals surface area contributed by atoms with E-state index < -0.39 is 0 Å². The largest absolute Gasteiger partial charge is 0.322 e. The standard InChI is InChI=1S/C22H23N3S/c1-26-14-13-19(23)22-24-20-11-4-5-12-21(20)25(22)15-17-9-6-8-16-7-2-3-10-18(16)17/h2-12,19H,13-15,23H2,1H3. The normalized spacial score (nSPS) is 12.7. The van der Waals surface area contributed by atoms with E-state index in [-0.39, 0.29) is 6.04 Å². The van der Waals surface area contributed by atoms with Crippen LogP contribution in [0.5, 0.6) is 0 Å². The first-order chi connectivity index (χ1) is 12.8. The fraction of sp³-hybridized carbons (Fsp3) is 0.227. The van der Waals surface area contributed by atoms with Crippen LogP contribution in [-0.2, 0) is 6.54 Å². The van der Waals surface area contributed by atoms with Crippen LogP contribution in [0.2, 0.25) is 0 Å². The molecule has 0 saturated carbocycles. The van der Waals surface area contributed by atoms with Gasteiger partial charge in [-0.15, -0.1) is 0 Å². The van der Waals surface area contributed by atoms with Crippen LogP contribution in [-0.4, -0.2) is 21.6 Å². The monoisotopic (exact) mass is 361 g/mol. The zero-order chi connectivity index (χ0) is 17.9. The van der Waals surface area contributed by atoms with Gasteiger partial charge in [-0.05, 0) is 46.9 Å². The Morgan fingerprint density at radius 3 is 2.65 bits per heavy atom. The topological polar surface area (TPSA) is 43.8 Å². The van der Waals surface area contributed by atoms with Crippen LogP contribution in [0.15, 0.2) is 66.7 Å². The van der Waals surface area contributed by atoms with E-state index in [0.717, 1.165) is 35.6 Å². The van der Waals surface area contributed by atoms with Crippen molar-refractivity contribution in [2.24, 2.45) is 5.73 Å². The van der Waals surface area contributed by atoms with Crippen molar-refractivity contribution in [3.05, 3.63) is 78.1 Å². The number of rotatable bonds is 6. The molecule has 1 heterocycles. The quantitative estimate of drug-likeness (QED) is 0.526. The first-order valence-electron chi connectivity index (χ1n) is 8.94. The van der Waals surface area contributed by atoms with E-state index in [1.54, 1.807) is 0 Å². The molecule has 0 amide bonds. The molecular formula is C22H23N3S. The van der Waals surface area contributed by atoms with Crippen LogP contribution in [0.3, 0.4) is 0 Å². The molecule has 1 unspecified atom stereocenters. The fourth-order valence-electron chi connectivity index (χ4n) is 3.52. The lowest BCUT2D eigenvalue weighted by Gasteiger charge is -2.16. The highest BCUT2D eigenvalue weighted by Crippen LogP contribution is 2.26. The molecule has 4 rings (SSSR count). The molecule has 0 bridgehead atoms. The van der Waals surface area contributed by atoms with Gasteiger partial charge in [0.15, 0.2) is 0 Å². The van der Waals surface area contributed by atoms with Gasteiger partial charge < -0.3 is 10.3 Å². The SMILES string of the molecule is CSCCC(N)c1nc2ccccc2n1Cc1cccc2ccccc12. The van der Waals surface area contributed by atoms with Crippen molar-refractivity contribution in [3.63, 3.8) is 0 Å². The number of aromatic nitrogens is 2. The molecule has 132 valence electrons. The third-order valence-electron chi connectivity index (χ3n) is 4.86. The molecule has 0 aliphatic heterocycles. The summed E-state index contributed by atoms with van der Waals surface area (Å²) in [6, 6.07) is 23.3. The highest BCUT2D eigenvalue weighted by molar-refractivity contribution is 7.98. The van der Waals surface area contributed by atoms with Crippen molar-refractivity contribution in [3.8, 4) is 0 Å². The second kappa shape index (κ2) is 7.52. The summed E-state index contributed by atoms with van der Waals surface area (Å²) in [6.07, 6.45) is 3.05. The summed E-state index contributed by atoms with van der Waals surface area (Å²) in [4.78, 5) is 4.87. The van der Waals surface area contributed by atoms with Gasteiger partial charge in [0.05, 0.1) is 23.6 Å². The minimum Gasteiger partial charge on any atom is -0.322 e. The molecule has 2 N–H and O–H groups in total. The van der Waals surface area contributed by atoms with Crippen molar-refractivity contribution in [2.75, 3.05) is 12.0 Å². The summed E-state index contributed by atoms with van der Waals surface area (Å²) < 4.78 is 2.29. The predicted octanol–water partition coefficient (Wildman–Crippen LogP) is 4.99. The van der Waals surface area contributed by atoms with E-state index in [9.17, 15) is 0 Å². The maximum atomic E-state index is 6.52. The van der Waals surface area contributed by atoms with E-state index in [1.807, 2.05) is 17.8 Å². The molecule has 0 aliphatic rings. The number of fused-ring (bicyclic) bond motifs is 2. The van der Waals surface area contributed by atoms with E-state index in [0.29, 0.717) is 0 Å². The Morgan fingerprint density at radius 1 is 1.00 bits per heavy atom. The highest BCUT2D eigenvalue weighted by atomic mass is 32.2. The number of para-hydroxylation sites is 2. The Kier molecular flexibility index (Phi) is 4.96. The van der Waals surface area contributed by atoms with Crippen molar-refractivity contribution in [1.82, 2.24) is 9.55 Å². The van der Waals surface area contributed by atoms with E-state index >= 15 is 0 Å². The van der Waals surface area contributed by atoms with Crippen LogP contribution in [0.25, 0.3) is 21.8 Å². The van der Waals surface area contributed by atoms with Crippen LogP contribution in [0, 0.1) is 0 Å². The molecule has 1 aromatic heterocycles. The van der Waals surface area contributed by atoms with Gasteiger partial charge in [-0.1, -0.05) is 54.6 Å². The minimum absolute atomic E-state index is 0.0511. The second-order valence-electron chi connectivity index (χ2n) is 6.57. The zero-order valence-corrected chi connectivity index (χ0v) is 15.7. The molecule has 0 fully saturated rings. The Labute approximate surface area is 158 Å². The third kappa shape index (κ3) is 3.22. The molecule has 0 aliphatic carbocycles. The zero-order valence-electron chi connectivity index (χ0n) is 14.9. The number of benzene rings is 3. The molecule has 0 spiro atoms. The lowest BCUT2D eigenvalue weighted by molar-refractivity contribution is 0.610. The third-order valence-corrected chi connectivity index (χ3v) is 5.50. The van der Waals surface area contributed by atoms with Crippen LogP contribution < -0.4 is 5.73 Å². The molecule has 4 aromatic rings. The van der Waals surface area contributed by atoms with E-state index in [1.165, 1.54) is 16.3 Å².